The van der Waals surface area contributed by atoms with Gasteiger partial charge in [-0.15, -0.1) is 0 Å². The van der Waals surface area contributed by atoms with Crippen LogP contribution >= 0.6 is 0 Å². The molecule has 0 aromatic heterocycles. The van der Waals surface area contributed by atoms with Crippen LogP contribution in [0, 0.1) is 0 Å². The van der Waals surface area contributed by atoms with Crippen LogP contribution in [0.2, 0.25) is 0 Å². The van der Waals surface area contributed by atoms with Gasteiger partial charge in [0.25, 0.3) is 5.91 Å². The van der Waals surface area contributed by atoms with E-state index in [1.165, 1.54) is 0 Å². The Morgan fingerprint density at radius 1 is 1.09 bits per heavy atom. The third-order valence-corrected chi connectivity index (χ3v) is 4.02. The van der Waals surface area contributed by atoms with Gasteiger partial charge < -0.3 is 10.1 Å². The van der Waals surface area contributed by atoms with E-state index in [0.29, 0.717) is 17.9 Å². The van der Waals surface area contributed by atoms with Crippen LogP contribution in [-0.4, -0.2) is 32.9 Å². The van der Waals surface area contributed by atoms with Crippen molar-refractivity contribution in [1.29, 1.82) is 0 Å². The summed E-state index contributed by atoms with van der Waals surface area (Å²) in [6.07, 6.45) is 1.16. The van der Waals surface area contributed by atoms with Gasteiger partial charge in [-0.25, -0.2) is 8.42 Å². The van der Waals surface area contributed by atoms with Crippen LogP contribution in [0.25, 0.3) is 0 Å². The minimum atomic E-state index is -3.06. The Hall–Kier alpha value is -2.34. The molecule has 1 amide bonds. The molecule has 0 atom stereocenters. The van der Waals surface area contributed by atoms with Crippen LogP contribution in [0.4, 0.5) is 0 Å². The maximum absolute atomic E-state index is 12.1. The van der Waals surface area contributed by atoms with Crippen molar-refractivity contribution < 1.29 is 17.9 Å². The normalized spacial score (nSPS) is 11.0. The zero-order valence-electron chi connectivity index (χ0n) is 12.9. The zero-order chi connectivity index (χ0) is 16.7. The van der Waals surface area contributed by atoms with Crippen molar-refractivity contribution in [1.82, 2.24) is 5.32 Å². The van der Waals surface area contributed by atoms with E-state index in [1.54, 1.807) is 24.3 Å². The highest BCUT2D eigenvalue weighted by molar-refractivity contribution is 7.90. The number of nitrogens with one attached hydrogen (secondary N) is 1. The lowest BCUT2D eigenvalue weighted by Crippen LogP contribution is -2.22. The van der Waals surface area contributed by atoms with E-state index < -0.39 is 9.84 Å². The first-order chi connectivity index (χ1) is 10.9. The van der Waals surface area contributed by atoms with Crippen LogP contribution in [0.1, 0.15) is 15.9 Å². The molecule has 0 aliphatic heterocycles. The topological polar surface area (TPSA) is 72.5 Å². The summed E-state index contributed by atoms with van der Waals surface area (Å²) in [6.45, 7) is 0.507. The molecule has 122 valence electrons. The summed E-state index contributed by atoms with van der Waals surface area (Å²) in [5.74, 6) is 0.209. The van der Waals surface area contributed by atoms with E-state index in [-0.39, 0.29) is 18.3 Å². The first kappa shape index (κ1) is 17.0. The third-order valence-electron chi connectivity index (χ3n) is 3.11. The lowest BCUT2D eigenvalue weighted by molar-refractivity contribution is 0.0950. The second-order valence-corrected chi connectivity index (χ2v) is 7.43. The molecule has 2 rings (SSSR count). The van der Waals surface area contributed by atoms with E-state index in [1.807, 2.05) is 30.3 Å². The predicted octanol–water partition coefficient (Wildman–Crippen LogP) is 2.04. The van der Waals surface area contributed by atoms with Crippen molar-refractivity contribution in [3.8, 4) is 5.75 Å². The summed E-state index contributed by atoms with van der Waals surface area (Å²) in [5, 5.41) is 2.83. The fourth-order valence-electron chi connectivity index (χ4n) is 1.92. The highest BCUT2D eigenvalue weighted by atomic mass is 32.2. The fraction of sp³-hybridized carbons (Fsp3) is 0.235. The molecular formula is C17H19NO4S. The Bertz CT molecular complexity index is 757. The van der Waals surface area contributed by atoms with Crippen LogP contribution in [0.5, 0.6) is 5.75 Å². The van der Waals surface area contributed by atoms with Crippen molar-refractivity contribution >= 4 is 15.7 Å². The molecule has 0 saturated carbocycles. The Kier molecular flexibility index (Phi) is 5.76. The Morgan fingerprint density at radius 2 is 1.83 bits per heavy atom. The molecule has 0 bridgehead atoms. The number of carbonyl (C=O) groups excluding carboxylic acids is 1. The monoisotopic (exact) mass is 333 g/mol. The summed E-state index contributed by atoms with van der Waals surface area (Å²) >= 11 is 0. The second kappa shape index (κ2) is 7.78. The van der Waals surface area contributed by atoms with Crippen molar-refractivity contribution in [2.24, 2.45) is 0 Å². The second-order valence-electron chi connectivity index (χ2n) is 5.17. The molecule has 1 N–H and O–H groups in total. The molecule has 5 nitrogen and oxygen atoms in total. The van der Waals surface area contributed by atoms with E-state index in [0.717, 1.165) is 11.8 Å². The summed E-state index contributed by atoms with van der Waals surface area (Å²) in [7, 11) is -3.06. The number of rotatable bonds is 7. The molecule has 2 aromatic rings. The van der Waals surface area contributed by atoms with Gasteiger partial charge >= 0.3 is 0 Å². The summed E-state index contributed by atoms with van der Waals surface area (Å²) < 4.78 is 27.5. The Balaban J connectivity index is 1.92. The highest BCUT2D eigenvalue weighted by Crippen LogP contribution is 2.13. The Morgan fingerprint density at radius 3 is 2.52 bits per heavy atom. The fourth-order valence-corrected chi connectivity index (χ4v) is 2.30. The number of hydrogen-bond donors (Lipinski definition) is 1. The van der Waals surface area contributed by atoms with Crippen molar-refractivity contribution in [3.63, 3.8) is 0 Å². The summed E-state index contributed by atoms with van der Waals surface area (Å²) in [5.41, 5.74) is 1.49. The first-order valence-corrected chi connectivity index (χ1v) is 9.23. The maximum Gasteiger partial charge on any atom is 0.251 e. The first-order valence-electron chi connectivity index (χ1n) is 7.17. The molecule has 23 heavy (non-hydrogen) atoms. The highest BCUT2D eigenvalue weighted by Gasteiger charge is 2.07. The SMILES string of the molecule is CS(=O)(=O)CCOc1cccc(C(=O)NCc2ccccc2)c1. The van der Waals surface area contributed by atoms with Gasteiger partial charge in [-0.05, 0) is 23.8 Å². The summed E-state index contributed by atoms with van der Waals surface area (Å²) in [4.78, 5) is 12.1. The molecule has 6 heteroatoms. The van der Waals surface area contributed by atoms with Crippen LogP contribution in [-0.2, 0) is 16.4 Å². The van der Waals surface area contributed by atoms with E-state index in [9.17, 15) is 13.2 Å². The molecule has 0 heterocycles. The van der Waals surface area contributed by atoms with E-state index >= 15 is 0 Å². The number of sulfone groups is 1. The van der Waals surface area contributed by atoms with E-state index in [4.69, 9.17) is 4.74 Å². The average molecular weight is 333 g/mol. The van der Waals surface area contributed by atoms with Gasteiger partial charge in [-0.2, -0.15) is 0 Å². The van der Waals surface area contributed by atoms with Gasteiger partial charge in [0.15, 0.2) is 9.84 Å². The molecule has 0 radical (unpaired) electrons. The van der Waals surface area contributed by atoms with Gasteiger partial charge in [-0.1, -0.05) is 36.4 Å². The molecule has 0 unspecified atom stereocenters. The summed E-state index contributed by atoms with van der Waals surface area (Å²) in [6, 6.07) is 16.3. The average Bonchev–Trinajstić information content (AvgIpc) is 2.53. The number of ether oxygens (including phenoxy) is 1. The molecule has 2 aromatic carbocycles. The smallest absolute Gasteiger partial charge is 0.251 e. The number of amides is 1. The van der Waals surface area contributed by atoms with Crippen molar-refractivity contribution in [2.45, 2.75) is 6.54 Å². The quantitative estimate of drug-likeness (QED) is 0.841. The number of carbonyl (C=O) groups is 1. The number of benzene rings is 2. The molecule has 0 fully saturated rings. The Labute approximate surface area is 136 Å². The lowest BCUT2D eigenvalue weighted by Gasteiger charge is -2.08. The van der Waals surface area contributed by atoms with Crippen LogP contribution < -0.4 is 10.1 Å². The zero-order valence-corrected chi connectivity index (χ0v) is 13.7. The molecular weight excluding hydrogens is 314 g/mol. The molecule has 0 aliphatic carbocycles. The standard InChI is InChI=1S/C17H19NO4S/c1-23(20,21)11-10-22-16-9-5-8-15(12-16)17(19)18-13-14-6-3-2-4-7-14/h2-9,12H,10-11,13H2,1H3,(H,18,19). The maximum atomic E-state index is 12.1. The largest absolute Gasteiger partial charge is 0.493 e. The van der Waals surface area contributed by atoms with Crippen molar-refractivity contribution in [2.75, 3.05) is 18.6 Å². The minimum absolute atomic E-state index is 0.0581. The third kappa shape index (κ3) is 6.12. The molecule has 0 spiro atoms. The molecule has 0 saturated heterocycles. The van der Waals surface area contributed by atoms with E-state index in [2.05, 4.69) is 5.32 Å². The van der Waals surface area contributed by atoms with Gasteiger partial charge in [0, 0.05) is 18.4 Å². The van der Waals surface area contributed by atoms with Gasteiger partial charge in [-0.3, -0.25) is 4.79 Å². The van der Waals surface area contributed by atoms with Crippen molar-refractivity contribution in [3.05, 3.63) is 65.7 Å². The van der Waals surface area contributed by atoms with Gasteiger partial charge in [0.05, 0.1) is 5.75 Å². The minimum Gasteiger partial charge on any atom is -0.493 e. The van der Waals surface area contributed by atoms with Crippen LogP contribution in [0.3, 0.4) is 0 Å². The van der Waals surface area contributed by atoms with Crippen LogP contribution in [0.15, 0.2) is 54.6 Å². The van der Waals surface area contributed by atoms with Gasteiger partial charge in [0.2, 0.25) is 0 Å². The number of hydrogen-bond acceptors (Lipinski definition) is 4. The van der Waals surface area contributed by atoms with Gasteiger partial charge in [0.1, 0.15) is 12.4 Å². The predicted molar refractivity (Wildman–Crippen MR) is 89.3 cm³/mol. The lowest BCUT2D eigenvalue weighted by atomic mass is 10.2. The molecule has 0 aliphatic rings.